The van der Waals surface area contributed by atoms with Crippen LogP contribution >= 0.6 is 0 Å². The van der Waals surface area contributed by atoms with Crippen molar-refractivity contribution in [2.24, 2.45) is 0 Å². The number of carbonyl (C=O) groups is 2. The Morgan fingerprint density at radius 2 is 1.90 bits per heavy atom. The number of anilines is 1. The van der Waals surface area contributed by atoms with E-state index in [1.54, 1.807) is 31.3 Å². The molecule has 2 amide bonds. The first-order chi connectivity index (χ1) is 9.70. The first-order valence-corrected chi connectivity index (χ1v) is 7.05. The van der Waals surface area contributed by atoms with Crippen molar-refractivity contribution in [2.75, 3.05) is 18.9 Å². The summed E-state index contributed by atoms with van der Waals surface area (Å²) in [6.45, 7) is 0.284. The minimum Gasteiger partial charge on any atom is -0.355 e. The predicted molar refractivity (Wildman–Crippen MR) is 78.7 cm³/mol. The predicted octanol–water partition coefficient (Wildman–Crippen LogP) is 1.52. The zero-order valence-corrected chi connectivity index (χ0v) is 11.7. The summed E-state index contributed by atoms with van der Waals surface area (Å²) >= 11 is 0. The number of para-hydroxylation sites is 1. The van der Waals surface area contributed by atoms with Gasteiger partial charge >= 0.3 is 0 Å². The van der Waals surface area contributed by atoms with E-state index in [1.165, 1.54) is 12.8 Å². The van der Waals surface area contributed by atoms with Crippen LogP contribution in [0.3, 0.4) is 0 Å². The van der Waals surface area contributed by atoms with E-state index in [9.17, 15) is 9.59 Å². The zero-order chi connectivity index (χ0) is 14.4. The molecule has 108 valence electrons. The van der Waals surface area contributed by atoms with E-state index in [-0.39, 0.29) is 18.4 Å². The molecule has 0 aliphatic heterocycles. The van der Waals surface area contributed by atoms with Crippen LogP contribution in [0.2, 0.25) is 0 Å². The third-order valence-electron chi connectivity index (χ3n) is 3.58. The Labute approximate surface area is 119 Å². The van der Waals surface area contributed by atoms with Crippen molar-refractivity contribution in [1.82, 2.24) is 10.6 Å². The minimum absolute atomic E-state index is 0.117. The molecule has 1 aliphatic rings. The molecule has 0 saturated heterocycles. The fourth-order valence-electron chi connectivity index (χ4n) is 2.49. The smallest absolute Gasteiger partial charge is 0.253 e. The van der Waals surface area contributed by atoms with Crippen molar-refractivity contribution in [2.45, 2.75) is 31.7 Å². The molecule has 0 aromatic heterocycles. The van der Waals surface area contributed by atoms with Gasteiger partial charge in [0.2, 0.25) is 5.91 Å². The van der Waals surface area contributed by atoms with Gasteiger partial charge in [0.1, 0.15) is 0 Å². The lowest BCUT2D eigenvalue weighted by Gasteiger charge is -2.13. The van der Waals surface area contributed by atoms with Crippen molar-refractivity contribution < 1.29 is 9.59 Å². The van der Waals surface area contributed by atoms with Gasteiger partial charge in [-0.2, -0.15) is 0 Å². The molecule has 0 bridgehead atoms. The Hall–Kier alpha value is -1.88. The topological polar surface area (TPSA) is 70.2 Å². The molecule has 0 heterocycles. The van der Waals surface area contributed by atoms with Crippen molar-refractivity contribution in [3.8, 4) is 0 Å². The summed E-state index contributed by atoms with van der Waals surface area (Å²) in [6.07, 6.45) is 4.75. The Morgan fingerprint density at radius 3 is 2.60 bits per heavy atom. The maximum atomic E-state index is 11.9. The highest BCUT2D eigenvalue weighted by Crippen LogP contribution is 2.17. The second-order valence-corrected chi connectivity index (χ2v) is 5.04. The van der Waals surface area contributed by atoms with Crippen LogP contribution in [0.5, 0.6) is 0 Å². The van der Waals surface area contributed by atoms with Gasteiger partial charge in [-0.1, -0.05) is 25.0 Å². The molecular weight excluding hydrogens is 254 g/mol. The molecule has 0 atom stereocenters. The molecule has 0 spiro atoms. The van der Waals surface area contributed by atoms with Gasteiger partial charge in [0.05, 0.1) is 17.8 Å². The molecular formula is C15H21N3O2. The Kier molecular flexibility index (Phi) is 5.12. The largest absolute Gasteiger partial charge is 0.355 e. The second-order valence-electron chi connectivity index (χ2n) is 5.04. The van der Waals surface area contributed by atoms with Crippen LogP contribution in [0.15, 0.2) is 24.3 Å². The molecule has 0 unspecified atom stereocenters. The summed E-state index contributed by atoms with van der Waals surface area (Å²) in [5.41, 5.74) is 1.02. The quantitative estimate of drug-likeness (QED) is 0.763. The van der Waals surface area contributed by atoms with E-state index < -0.39 is 0 Å². The fourth-order valence-corrected chi connectivity index (χ4v) is 2.49. The Bertz CT molecular complexity index is 482. The molecule has 2 rings (SSSR count). The van der Waals surface area contributed by atoms with Gasteiger partial charge in [-0.15, -0.1) is 0 Å². The molecule has 0 radical (unpaired) electrons. The van der Waals surface area contributed by atoms with Gasteiger partial charge in [0.25, 0.3) is 5.91 Å². The van der Waals surface area contributed by atoms with Crippen LogP contribution in [0.4, 0.5) is 5.69 Å². The van der Waals surface area contributed by atoms with Gasteiger partial charge < -0.3 is 16.0 Å². The normalized spacial score (nSPS) is 15.1. The van der Waals surface area contributed by atoms with Crippen molar-refractivity contribution in [3.63, 3.8) is 0 Å². The zero-order valence-electron chi connectivity index (χ0n) is 11.7. The SMILES string of the molecule is CNC(=O)c1ccccc1NC(=O)CNC1CCCC1. The van der Waals surface area contributed by atoms with Crippen molar-refractivity contribution in [3.05, 3.63) is 29.8 Å². The van der Waals surface area contributed by atoms with E-state index in [2.05, 4.69) is 16.0 Å². The van der Waals surface area contributed by atoms with Gasteiger partial charge in [0.15, 0.2) is 0 Å². The number of amides is 2. The summed E-state index contributed by atoms with van der Waals surface area (Å²) in [4.78, 5) is 23.6. The minimum atomic E-state index is -0.204. The van der Waals surface area contributed by atoms with Crippen LogP contribution in [0.1, 0.15) is 36.0 Å². The van der Waals surface area contributed by atoms with Crippen LogP contribution in [0, 0.1) is 0 Å². The Balaban J connectivity index is 1.91. The van der Waals surface area contributed by atoms with Gasteiger partial charge in [-0.3, -0.25) is 9.59 Å². The lowest BCUT2D eigenvalue weighted by atomic mass is 10.1. The molecule has 3 N–H and O–H groups in total. The lowest BCUT2D eigenvalue weighted by molar-refractivity contribution is -0.115. The van der Waals surface area contributed by atoms with Crippen LogP contribution < -0.4 is 16.0 Å². The molecule has 5 heteroatoms. The van der Waals surface area contributed by atoms with Crippen LogP contribution in [0.25, 0.3) is 0 Å². The molecule has 1 fully saturated rings. The third kappa shape index (κ3) is 3.81. The molecule has 5 nitrogen and oxygen atoms in total. The first-order valence-electron chi connectivity index (χ1n) is 7.05. The highest BCUT2D eigenvalue weighted by molar-refractivity contribution is 6.03. The van der Waals surface area contributed by atoms with Gasteiger partial charge in [-0.25, -0.2) is 0 Å². The highest BCUT2D eigenvalue weighted by atomic mass is 16.2. The number of carbonyl (C=O) groups excluding carboxylic acids is 2. The van der Waals surface area contributed by atoms with Crippen molar-refractivity contribution in [1.29, 1.82) is 0 Å². The second kappa shape index (κ2) is 7.05. The van der Waals surface area contributed by atoms with E-state index in [0.717, 1.165) is 12.8 Å². The summed E-state index contributed by atoms with van der Waals surface area (Å²) in [5.74, 6) is -0.321. The average molecular weight is 275 g/mol. The average Bonchev–Trinajstić information content (AvgIpc) is 2.98. The number of hydrogen-bond donors (Lipinski definition) is 3. The lowest BCUT2D eigenvalue weighted by Crippen LogP contribution is -2.34. The molecule has 1 saturated carbocycles. The number of nitrogens with one attached hydrogen (secondary N) is 3. The maximum absolute atomic E-state index is 11.9. The van der Waals surface area contributed by atoms with Gasteiger partial charge in [-0.05, 0) is 25.0 Å². The number of hydrogen-bond acceptors (Lipinski definition) is 3. The molecule has 1 aromatic carbocycles. The van der Waals surface area contributed by atoms with Gasteiger partial charge in [0, 0.05) is 13.1 Å². The van der Waals surface area contributed by atoms with E-state index in [4.69, 9.17) is 0 Å². The summed E-state index contributed by atoms with van der Waals surface area (Å²) in [5, 5.41) is 8.60. The maximum Gasteiger partial charge on any atom is 0.253 e. The van der Waals surface area contributed by atoms with E-state index >= 15 is 0 Å². The van der Waals surface area contributed by atoms with Crippen molar-refractivity contribution >= 4 is 17.5 Å². The molecule has 20 heavy (non-hydrogen) atoms. The van der Waals surface area contributed by atoms with Crippen LogP contribution in [-0.2, 0) is 4.79 Å². The standard InChI is InChI=1S/C15H21N3O2/c1-16-15(20)12-8-4-5-9-13(12)18-14(19)10-17-11-6-2-3-7-11/h4-5,8-9,11,17H,2-3,6-7,10H2,1H3,(H,16,20)(H,18,19). The first kappa shape index (κ1) is 14.5. The van der Waals surface area contributed by atoms with Crippen LogP contribution in [-0.4, -0.2) is 31.4 Å². The number of benzene rings is 1. The fraction of sp³-hybridized carbons (Fsp3) is 0.467. The summed E-state index contributed by atoms with van der Waals surface area (Å²) < 4.78 is 0. The molecule has 1 aliphatic carbocycles. The summed E-state index contributed by atoms with van der Waals surface area (Å²) in [6, 6.07) is 7.45. The van der Waals surface area contributed by atoms with E-state index in [1.807, 2.05) is 0 Å². The molecule has 1 aromatic rings. The Morgan fingerprint density at radius 1 is 1.20 bits per heavy atom. The van der Waals surface area contributed by atoms with E-state index in [0.29, 0.717) is 17.3 Å². The number of rotatable bonds is 5. The third-order valence-corrected chi connectivity index (χ3v) is 3.58. The monoisotopic (exact) mass is 275 g/mol. The highest BCUT2D eigenvalue weighted by Gasteiger charge is 2.16. The summed E-state index contributed by atoms with van der Waals surface area (Å²) in [7, 11) is 1.57.